The monoisotopic (exact) mass is 417 g/mol. The predicted octanol–water partition coefficient (Wildman–Crippen LogP) is 5.21. The molecule has 0 saturated heterocycles. The van der Waals surface area contributed by atoms with Crippen molar-refractivity contribution < 1.29 is 9.59 Å². The van der Waals surface area contributed by atoms with Crippen molar-refractivity contribution in [3.8, 4) is 0 Å². The lowest BCUT2D eigenvalue weighted by molar-refractivity contribution is -0.147. The predicted molar refractivity (Wildman–Crippen MR) is 125 cm³/mol. The van der Waals surface area contributed by atoms with Crippen LogP contribution in [-0.2, 0) is 16.0 Å². The standard InChI is InChI=1S/C26H31N3O2/c1-3-29(24(30)17-20-18-27-23-13-6-5-12-22(20)23)26(14-7-4-8-15-26)25(31)28-21-11-9-10-19(2)16-21/h5-6,9-13,16,18,27H,3-4,7-8,14-15,17H2,1-2H3,(H,28,31). The van der Waals surface area contributed by atoms with Crippen molar-refractivity contribution in [1.29, 1.82) is 0 Å². The van der Waals surface area contributed by atoms with Crippen LogP contribution in [0, 0.1) is 6.92 Å². The number of aryl methyl sites for hydroxylation is 1. The van der Waals surface area contributed by atoms with Crippen LogP contribution in [0.1, 0.15) is 50.2 Å². The minimum absolute atomic E-state index is 0.00791. The van der Waals surface area contributed by atoms with Crippen LogP contribution in [0.25, 0.3) is 10.9 Å². The van der Waals surface area contributed by atoms with Gasteiger partial charge in [-0.15, -0.1) is 0 Å². The molecular weight excluding hydrogens is 386 g/mol. The van der Waals surface area contributed by atoms with E-state index in [2.05, 4.69) is 10.3 Å². The summed E-state index contributed by atoms with van der Waals surface area (Å²) < 4.78 is 0. The topological polar surface area (TPSA) is 65.2 Å². The first-order valence-electron chi connectivity index (χ1n) is 11.3. The van der Waals surface area contributed by atoms with E-state index in [-0.39, 0.29) is 18.2 Å². The van der Waals surface area contributed by atoms with Gasteiger partial charge in [0, 0.05) is 29.3 Å². The Labute approximate surface area is 183 Å². The molecule has 2 amide bonds. The molecule has 1 heterocycles. The first-order chi connectivity index (χ1) is 15.0. The number of carbonyl (C=O) groups excluding carboxylic acids is 2. The molecule has 1 aliphatic rings. The van der Waals surface area contributed by atoms with Gasteiger partial charge in [-0.2, -0.15) is 0 Å². The molecule has 5 nitrogen and oxygen atoms in total. The summed E-state index contributed by atoms with van der Waals surface area (Å²) in [6.45, 7) is 4.50. The van der Waals surface area contributed by atoms with E-state index in [0.717, 1.165) is 47.0 Å². The average Bonchev–Trinajstić information content (AvgIpc) is 3.18. The van der Waals surface area contributed by atoms with Crippen molar-refractivity contribution >= 4 is 28.4 Å². The minimum Gasteiger partial charge on any atom is -0.361 e. The third-order valence-corrected chi connectivity index (χ3v) is 6.53. The second kappa shape index (κ2) is 8.96. The van der Waals surface area contributed by atoms with Gasteiger partial charge in [-0.05, 0) is 56.0 Å². The van der Waals surface area contributed by atoms with Gasteiger partial charge in [-0.1, -0.05) is 49.6 Å². The van der Waals surface area contributed by atoms with Gasteiger partial charge in [0.25, 0.3) is 0 Å². The maximum Gasteiger partial charge on any atom is 0.250 e. The van der Waals surface area contributed by atoms with Crippen molar-refractivity contribution in [2.24, 2.45) is 0 Å². The molecule has 1 aromatic heterocycles. The van der Waals surface area contributed by atoms with Crippen molar-refractivity contribution in [2.45, 2.75) is 57.9 Å². The summed E-state index contributed by atoms with van der Waals surface area (Å²) in [5.74, 6) is -0.0551. The highest BCUT2D eigenvalue weighted by Crippen LogP contribution is 2.36. The number of H-pyrrole nitrogens is 1. The van der Waals surface area contributed by atoms with Gasteiger partial charge >= 0.3 is 0 Å². The van der Waals surface area contributed by atoms with Crippen LogP contribution in [-0.4, -0.2) is 33.8 Å². The number of anilines is 1. The Morgan fingerprint density at radius 2 is 1.84 bits per heavy atom. The van der Waals surface area contributed by atoms with E-state index in [1.165, 1.54) is 0 Å². The molecule has 0 aliphatic heterocycles. The first-order valence-corrected chi connectivity index (χ1v) is 11.3. The number of nitrogens with one attached hydrogen (secondary N) is 2. The Morgan fingerprint density at radius 3 is 2.58 bits per heavy atom. The zero-order valence-electron chi connectivity index (χ0n) is 18.4. The lowest BCUT2D eigenvalue weighted by Crippen LogP contribution is -2.60. The van der Waals surface area contributed by atoms with E-state index in [0.29, 0.717) is 19.4 Å². The highest BCUT2D eigenvalue weighted by atomic mass is 16.2. The molecule has 1 fully saturated rings. The van der Waals surface area contributed by atoms with Gasteiger partial charge in [0.05, 0.1) is 6.42 Å². The van der Waals surface area contributed by atoms with Gasteiger partial charge in [-0.3, -0.25) is 9.59 Å². The molecular formula is C26H31N3O2. The number of nitrogens with zero attached hydrogens (tertiary/aromatic N) is 1. The number of aromatic nitrogens is 1. The molecule has 2 N–H and O–H groups in total. The zero-order chi connectivity index (χ0) is 21.8. The van der Waals surface area contributed by atoms with Gasteiger partial charge in [0.1, 0.15) is 5.54 Å². The van der Waals surface area contributed by atoms with Crippen molar-refractivity contribution in [3.63, 3.8) is 0 Å². The molecule has 0 radical (unpaired) electrons. The molecule has 3 aromatic rings. The fraction of sp³-hybridized carbons (Fsp3) is 0.385. The summed E-state index contributed by atoms with van der Waals surface area (Å²) in [7, 11) is 0. The summed E-state index contributed by atoms with van der Waals surface area (Å²) in [4.78, 5) is 32.2. The molecule has 2 aromatic carbocycles. The summed E-state index contributed by atoms with van der Waals surface area (Å²) in [5, 5.41) is 4.18. The number of hydrogen-bond acceptors (Lipinski definition) is 2. The lowest BCUT2D eigenvalue weighted by atomic mass is 9.79. The van der Waals surface area contributed by atoms with Crippen LogP contribution < -0.4 is 5.32 Å². The van der Waals surface area contributed by atoms with E-state index >= 15 is 0 Å². The summed E-state index contributed by atoms with van der Waals surface area (Å²) >= 11 is 0. The van der Waals surface area contributed by atoms with Crippen LogP contribution in [0.3, 0.4) is 0 Å². The molecule has 5 heteroatoms. The average molecular weight is 418 g/mol. The quantitative estimate of drug-likeness (QED) is 0.578. The fourth-order valence-corrected chi connectivity index (χ4v) is 4.98. The number of rotatable bonds is 6. The van der Waals surface area contributed by atoms with Gasteiger partial charge < -0.3 is 15.2 Å². The van der Waals surface area contributed by atoms with E-state index in [1.807, 2.05) is 73.5 Å². The minimum atomic E-state index is -0.792. The number of hydrogen-bond donors (Lipinski definition) is 2. The van der Waals surface area contributed by atoms with E-state index in [1.54, 1.807) is 0 Å². The second-order valence-corrected chi connectivity index (χ2v) is 8.59. The largest absolute Gasteiger partial charge is 0.361 e. The number of fused-ring (bicyclic) bond motifs is 1. The highest BCUT2D eigenvalue weighted by molar-refractivity contribution is 6.01. The normalized spacial score (nSPS) is 15.5. The maximum atomic E-state index is 13.6. The van der Waals surface area contributed by atoms with Crippen LogP contribution in [0.5, 0.6) is 0 Å². The summed E-state index contributed by atoms with van der Waals surface area (Å²) in [6.07, 6.45) is 6.63. The number of carbonyl (C=O) groups is 2. The van der Waals surface area contributed by atoms with Crippen LogP contribution in [0.2, 0.25) is 0 Å². The second-order valence-electron chi connectivity index (χ2n) is 8.59. The number of amides is 2. The number of benzene rings is 2. The molecule has 162 valence electrons. The van der Waals surface area contributed by atoms with Crippen molar-refractivity contribution in [3.05, 3.63) is 65.9 Å². The van der Waals surface area contributed by atoms with E-state index < -0.39 is 5.54 Å². The third kappa shape index (κ3) is 4.22. The molecule has 31 heavy (non-hydrogen) atoms. The fourth-order valence-electron chi connectivity index (χ4n) is 4.98. The molecule has 0 bridgehead atoms. The number of para-hydroxylation sites is 1. The molecule has 0 unspecified atom stereocenters. The maximum absolute atomic E-state index is 13.6. The molecule has 1 aliphatic carbocycles. The molecule has 0 spiro atoms. The lowest BCUT2D eigenvalue weighted by Gasteiger charge is -2.44. The van der Waals surface area contributed by atoms with Gasteiger partial charge in [0.15, 0.2) is 0 Å². The number of likely N-dealkylation sites (N-methyl/N-ethyl adjacent to an activating group) is 1. The smallest absolute Gasteiger partial charge is 0.250 e. The van der Waals surface area contributed by atoms with E-state index in [4.69, 9.17) is 0 Å². The van der Waals surface area contributed by atoms with Crippen LogP contribution in [0.15, 0.2) is 54.7 Å². The summed E-state index contributed by atoms with van der Waals surface area (Å²) in [5.41, 5.74) is 3.09. The Bertz CT molecular complexity index is 1080. The van der Waals surface area contributed by atoms with Gasteiger partial charge in [0.2, 0.25) is 11.8 Å². The SMILES string of the molecule is CCN(C(=O)Cc1c[nH]c2ccccc12)C1(C(=O)Nc2cccc(C)c2)CCCCC1. The Kier molecular flexibility index (Phi) is 6.12. The Morgan fingerprint density at radius 1 is 1.06 bits per heavy atom. The summed E-state index contributed by atoms with van der Waals surface area (Å²) in [6, 6.07) is 15.8. The zero-order valence-corrected chi connectivity index (χ0v) is 18.4. The third-order valence-electron chi connectivity index (χ3n) is 6.53. The highest BCUT2D eigenvalue weighted by Gasteiger charge is 2.46. The first kappa shape index (κ1) is 21.2. The van der Waals surface area contributed by atoms with Crippen LogP contribution in [0.4, 0.5) is 5.69 Å². The molecule has 4 rings (SSSR count). The van der Waals surface area contributed by atoms with Crippen LogP contribution >= 0.6 is 0 Å². The van der Waals surface area contributed by atoms with Gasteiger partial charge in [-0.25, -0.2) is 0 Å². The molecule has 0 atom stereocenters. The Balaban J connectivity index is 1.61. The number of aromatic amines is 1. The molecule has 1 saturated carbocycles. The Hall–Kier alpha value is -3.08. The van der Waals surface area contributed by atoms with Crippen molar-refractivity contribution in [2.75, 3.05) is 11.9 Å². The van der Waals surface area contributed by atoms with E-state index in [9.17, 15) is 9.59 Å². The van der Waals surface area contributed by atoms with Crippen molar-refractivity contribution in [1.82, 2.24) is 9.88 Å².